The quantitative estimate of drug-likeness (QED) is 0.588. The van der Waals surface area contributed by atoms with Crippen molar-refractivity contribution in [3.8, 4) is 6.07 Å². The summed E-state index contributed by atoms with van der Waals surface area (Å²) >= 11 is 0. The van der Waals surface area contributed by atoms with Gasteiger partial charge in [0.05, 0.1) is 25.3 Å². The lowest BCUT2D eigenvalue weighted by Gasteiger charge is -2.22. The largest absolute Gasteiger partial charge is 0.394 e. The molecule has 0 spiro atoms. The van der Waals surface area contributed by atoms with E-state index in [1.54, 1.807) is 0 Å². The van der Waals surface area contributed by atoms with Crippen molar-refractivity contribution < 1.29 is 15.0 Å². The van der Waals surface area contributed by atoms with Crippen molar-refractivity contribution >= 4 is 5.91 Å². The molecule has 0 saturated heterocycles. The van der Waals surface area contributed by atoms with Gasteiger partial charge in [-0.15, -0.1) is 0 Å². The number of hydrogen-bond donors (Lipinski definition) is 3. The molecule has 0 aromatic carbocycles. The SMILES string of the molecule is N#CC1(C(=O)NC(CO)CO)CCCC1. The van der Waals surface area contributed by atoms with Gasteiger partial charge in [0, 0.05) is 0 Å². The monoisotopic (exact) mass is 212 g/mol. The van der Waals surface area contributed by atoms with Gasteiger partial charge in [0.1, 0.15) is 5.41 Å². The number of carbonyl (C=O) groups is 1. The van der Waals surface area contributed by atoms with E-state index in [1.165, 1.54) is 0 Å². The summed E-state index contributed by atoms with van der Waals surface area (Å²) in [5.74, 6) is -0.365. The van der Waals surface area contributed by atoms with Crippen molar-refractivity contribution in [2.75, 3.05) is 13.2 Å². The van der Waals surface area contributed by atoms with Crippen molar-refractivity contribution in [3.63, 3.8) is 0 Å². The van der Waals surface area contributed by atoms with Crippen LogP contribution in [0.15, 0.2) is 0 Å². The van der Waals surface area contributed by atoms with E-state index in [1.807, 2.05) is 0 Å². The highest BCUT2D eigenvalue weighted by molar-refractivity contribution is 5.86. The number of nitrogens with zero attached hydrogens (tertiary/aromatic N) is 1. The number of aliphatic hydroxyl groups is 2. The molecule has 1 rings (SSSR count). The van der Waals surface area contributed by atoms with Crippen LogP contribution in [-0.4, -0.2) is 35.4 Å². The summed E-state index contributed by atoms with van der Waals surface area (Å²) in [5, 5.41) is 29.1. The van der Waals surface area contributed by atoms with Crippen LogP contribution >= 0.6 is 0 Å². The lowest BCUT2D eigenvalue weighted by Crippen LogP contribution is -2.47. The number of nitriles is 1. The second kappa shape index (κ2) is 5.10. The first-order valence-electron chi connectivity index (χ1n) is 5.12. The molecule has 0 atom stereocenters. The van der Waals surface area contributed by atoms with Gasteiger partial charge in [-0.2, -0.15) is 5.26 Å². The Labute approximate surface area is 88.7 Å². The highest BCUT2D eigenvalue weighted by Gasteiger charge is 2.41. The average molecular weight is 212 g/mol. The van der Waals surface area contributed by atoms with Gasteiger partial charge in [-0.3, -0.25) is 4.79 Å². The van der Waals surface area contributed by atoms with Crippen LogP contribution in [0.2, 0.25) is 0 Å². The molecule has 0 aromatic heterocycles. The molecule has 0 aliphatic heterocycles. The molecule has 5 nitrogen and oxygen atoms in total. The normalized spacial score (nSPS) is 18.8. The van der Waals surface area contributed by atoms with Crippen molar-refractivity contribution in [2.24, 2.45) is 5.41 Å². The summed E-state index contributed by atoms with van der Waals surface area (Å²) in [6.45, 7) is -0.631. The van der Waals surface area contributed by atoms with Crippen molar-refractivity contribution in [1.82, 2.24) is 5.32 Å². The van der Waals surface area contributed by atoms with Crippen LogP contribution in [0.3, 0.4) is 0 Å². The van der Waals surface area contributed by atoms with Crippen LogP contribution in [0.1, 0.15) is 25.7 Å². The summed E-state index contributed by atoms with van der Waals surface area (Å²) in [7, 11) is 0. The van der Waals surface area contributed by atoms with Crippen molar-refractivity contribution in [1.29, 1.82) is 5.26 Å². The zero-order valence-electron chi connectivity index (χ0n) is 8.57. The lowest BCUT2D eigenvalue weighted by atomic mass is 9.87. The molecule has 0 heterocycles. The zero-order valence-corrected chi connectivity index (χ0v) is 8.57. The molecule has 3 N–H and O–H groups in total. The smallest absolute Gasteiger partial charge is 0.240 e. The van der Waals surface area contributed by atoms with Crippen LogP contribution in [0, 0.1) is 16.7 Å². The van der Waals surface area contributed by atoms with Gasteiger partial charge < -0.3 is 15.5 Å². The van der Waals surface area contributed by atoms with E-state index >= 15 is 0 Å². The fourth-order valence-electron chi connectivity index (χ4n) is 1.84. The molecular weight excluding hydrogens is 196 g/mol. The van der Waals surface area contributed by atoms with Gasteiger partial charge in [-0.25, -0.2) is 0 Å². The molecule has 5 heteroatoms. The fraction of sp³-hybridized carbons (Fsp3) is 0.800. The molecule has 1 aliphatic carbocycles. The Bertz CT molecular complexity index is 262. The molecule has 84 valence electrons. The van der Waals surface area contributed by atoms with Crippen LogP contribution < -0.4 is 5.32 Å². The van der Waals surface area contributed by atoms with Gasteiger partial charge in [-0.1, -0.05) is 12.8 Å². The Kier molecular flexibility index (Phi) is 4.06. The Hall–Kier alpha value is -1.12. The first-order chi connectivity index (χ1) is 7.18. The second-order valence-corrected chi connectivity index (χ2v) is 3.94. The molecule has 1 aliphatic rings. The zero-order chi connectivity index (χ0) is 11.3. The maximum absolute atomic E-state index is 11.8. The van der Waals surface area contributed by atoms with E-state index < -0.39 is 11.5 Å². The molecule has 1 amide bonds. The summed E-state index contributed by atoms with van der Waals surface area (Å²) < 4.78 is 0. The van der Waals surface area contributed by atoms with Gasteiger partial charge in [-0.05, 0) is 12.8 Å². The minimum absolute atomic E-state index is 0.316. The summed E-state index contributed by atoms with van der Waals surface area (Å²) in [5.41, 5.74) is -0.942. The van der Waals surface area contributed by atoms with Crippen molar-refractivity contribution in [3.05, 3.63) is 0 Å². The highest BCUT2D eigenvalue weighted by atomic mass is 16.3. The first-order valence-corrected chi connectivity index (χ1v) is 5.12. The molecule has 0 bridgehead atoms. The predicted molar refractivity (Wildman–Crippen MR) is 52.6 cm³/mol. The maximum Gasteiger partial charge on any atom is 0.240 e. The Morgan fingerprint density at radius 1 is 1.40 bits per heavy atom. The third-order valence-corrected chi connectivity index (χ3v) is 2.88. The van der Waals surface area contributed by atoms with Crippen LogP contribution in [0.4, 0.5) is 0 Å². The standard InChI is InChI=1S/C10H16N2O3/c11-7-10(3-1-2-4-10)9(15)12-8(5-13)6-14/h8,13-14H,1-6H2,(H,12,15). The van der Waals surface area contributed by atoms with Gasteiger partial charge in [0.25, 0.3) is 0 Å². The number of amides is 1. The predicted octanol–water partition coefficient (Wildman–Crippen LogP) is -0.460. The van der Waals surface area contributed by atoms with Crippen molar-refractivity contribution in [2.45, 2.75) is 31.7 Å². The Morgan fingerprint density at radius 2 is 1.93 bits per heavy atom. The Balaban J connectivity index is 2.62. The number of aliphatic hydroxyl groups excluding tert-OH is 2. The van der Waals surface area contributed by atoms with E-state index in [0.717, 1.165) is 12.8 Å². The summed E-state index contributed by atoms with van der Waals surface area (Å²) in [6, 6.07) is 1.39. The van der Waals surface area contributed by atoms with Crippen LogP contribution in [-0.2, 0) is 4.79 Å². The summed E-state index contributed by atoms with van der Waals surface area (Å²) in [4.78, 5) is 11.8. The lowest BCUT2D eigenvalue weighted by molar-refractivity contribution is -0.129. The maximum atomic E-state index is 11.8. The minimum atomic E-state index is -0.942. The second-order valence-electron chi connectivity index (χ2n) is 3.94. The Morgan fingerprint density at radius 3 is 2.33 bits per heavy atom. The van der Waals surface area contributed by atoms with E-state index in [2.05, 4.69) is 11.4 Å². The van der Waals surface area contributed by atoms with Gasteiger partial charge in [0.15, 0.2) is 0 Å². The highest BCUT2D eigenvalue weighted by Crippen LogP contribution is 2.37. The molecule has 0 aromatic rings. The van der Waals surface area contributed by atoms with Gasteiger partial charge in [0.2, 0.25) is 5.91 Å². The number of carbonyl (C=O) groups excluding carboxylic acids is 1. The molecule has 0 unspecified atom stereocenters. The number of rotatable bonds is 4. The van der Waals surface area contributed by atoms with Crippen LogP contribution in [0.5, 0.6) is 0 Å². The van der Waals surface area contributed by atoms with Gasteiger partial charge >= 0.3 is 0 Å². The van der Waals surface area contributed by atoms with Crippen LogP contribution in [0.25, 0.3) is 0 Å². The molecular formula is C10H16N2O3. The third-order valence-electron chi connectivity index (χ3n) is 2.88. The molecule has 0 radical (unpaired) electrons. The summed E-state index contributed by atoms with van der Waals surface area (Å²) in [6.07, 6.45) is 2.89. The van der Waals surface area contributed by atoms with E-state index in [-0.39, 0.29) is 19.1 Å². The molecule has 1 fully saturated rings. The van der Waals surface area contributed by atoms with E-state index in [4.69, 9.17) is 15.5 Å². The van der Waals surface area contributed by atoms with E-state index in [9.17, 15) is 4.79 Å². The average Bonchev–Trinajstić information content (AvgIpc) is 2.75. The minimum Gasteiger partial charge on any atom is -0.394 e. The molecule has 1 saturated carbocycles. The fourth-order valence-corrected chi connectivity index (χ4v) is 1.84. The number of nitrogens with one attached hydrogen (secondary N) is 1. The molecule has 15 heavy (non-hydrogen) atoms. The van der Waals surface area contributed by atoms with E-state index in [0.29, 0.717) is 12.8 Å². The number of hydrogen-bond acceptors (Lipinski definition) is 4. The third kappa shape index (κ3) is 2.46. The topological polar surface area (TPSA) is 93.4 Å². The first kappa shape index (κ1) is 12.0.